The van der Waals surface area contributed by atoms with E-state index in [4.69, 9.17) is 15.6 Å². The van der Waals surface area contributed by atoms with Crippen molar-refractivity contribution in [3.05, 3.63) is 45.5 Å². The predicted molar refractivity (Wildman–Crippen MR) is 123 cm³/mol. The number of carboxylic acid groups (broad SMARTS) is 1. The number of fused-ring (bicyclic) bond motifs is 4. The first kappa shape index (κ1) is 25.0. The molecule has 5 rings (SSSR count). The highest BCUT2D eigenvalue weighted by Gasteiger charge is 2.43. The van der Waals surface area contributed by atoms with Crippen LogP contribution in [-0.4, -0.2) is 58.7 Å². The summed E-state index contributed by atoms with van der Waals surface area (Å²) >= 11 is 1.19. The molecule has 33 heavy (non-hydrogen) atoms. The van der Waals surface area contributed by atoms with Crippen molar-refractivity contribution >= 4 is 51.6 Å². The van der Waals surface area contributed by atoms with E-state index in [9.17, 15) is 22.8 Å². The van der Waals surface area contributed by atoms with Crippen molar-refractivity contribution in [2.45, 2.75) is 29.2 Å². The lowest BCUT2D eigenvalue weighted by Crippen LogP contribution is -2.33. The Kier molecular flexibility index (Phi) is 7.36. The zero-order chi connectivity index (χ0) is 23.0. The van der Waals surface area contributed by atoms with Crippen LogP contribution in [0.4, 0.5) is 5.69 Å². The van der Waals surface area contributed by atoms with Gasteiger partial charge in [-0.05, 0) is 24.1 Å². The van der Waals surface area contributed by atoms with Gasteiger partial charge in [-0.3, -0.25) is 9.59 Å². The molecule has 1 saturated heterocycles. The number of rotatable bonds is 2. The summed E-state index contributed by atoms with van der Waals surface area (Å²) in [6, 6.07) is 5.53. The van der Waals surface area contributed by atoms with Gasteiger partial charge in [-0.1, -0.05) is 6.07 Å². The molecular formula is C19H21ClN4O7S2. The molecule has 5 N–H and O–H groups in total. The first-order chi connectivity index (χ1) is 15.2. The van der Waals surface area contributed by atoms with Gasteiger partial charge >= 0.3 is 5.97 Å². The van der Waals surface area contributed by atoms with Gasteiger partial charge in [-0.25, -0.2) is 18.2 Å². The molecule has 0 bridgehead atoms. The standard InChI is InChI=1S/C10H10N2O5S2.C9H10N2O2.ClH/c13-8-6-4-1-2-19(16,17)3-5(4)18-9(6)12-7(11-8)10(14)15;10-4-6-1-2-8-7(3-6)11-9(12)5-13-8;/h4-5H,1-3H2,(H,14,15)(H,11,12,13);1-3H,4-5,10H2,(H,11,12);1H. The molecule has 1 aromatic heterocycles. The summed E-state index contributed by atoms with van der Waals surface area (Å²) in [5.74, 6) is -1.20. The number of sulfone groups is 1. The Morgan fingerprint density at radius 2 is 2.09 bits per heavy atom. The number of aromatic nitrogens is 2. The van der Waals surface area contributed by atoms with Crippen LogP contribution in [0.1, 0.15) is 34.1 Å². The summed E-state index contributed by atoms with van der Waals surface area (Å²) in [5.41, 5.74) is 7.12. The van der Waals surface area contributed by atoms with E-state index in [2.05, 4.69) is 15.3 Å². The summed E-state index contributed by atoms with van der Waals surface area (Å²) in [6.45, 7) is 0.554. The smallest absolute Gasteiger partial charge is 0.372 e. The van der Waals surface area contributed by atoms with Gasteiger partial charge in [0.15, 0.2) is 16.4 Å². The second-order valence-electron chi connectivity index (χ2n) is 7.48. The summed E-state index contributed by atoms with van der Waals surface area (Å²) < 4.78 is 28.4. The van der Waals surface area contributed by atoms with Crippen LogP contribution in [0.3, 0.4) is 0 Å². The number of halogens is 1. The van der Waals surface area contributed by atoms with E-state index in [0.29, 0.717) is 35.0 Å². The molecule has 2 atom stereocenters. The van der Waals surface area contributed by atoms with Crippen molar-refractivity contribution in [2.24, 2.45) is 5.73 Å². The summed E-state index contributed by atoms with van der Waals surface area (Å²) in [5, 5.41) is 11.7. The average Bonchev–Trinajstić information content (AvgIpc) is 3.10. The molecule has 2 aromatic rings. The summed E-state index contributed by atoms with van der Waals surface area (Å²) in [4.78, 5) is 39.9. The fourth-order valence-corrected chi connectivity index (χ4v) is 7.41. The first-order valence-corrected chi connectivity index (χ1v) is 12.4. The number of carboxylic acids is 1. The van der Waals surface area contributed by atoms with E-state index in [1.165, 1.54) is 11.8 Å². The van der Waals surface area contributed by atoms with E-state index < -0.39 is 27.2 Å². The predicted octanol–water partition coefficient (Wildman–Crippen LogP) is 0.742. The number of H-pyrrole nitrogens is 1. The Bertz CT molecular complexity index is 1270. The van der Waals surface area contributed by atoms with Crippen molar-refractivity contribution in [1.82, 2.24) is 9.97 Å². The highest BCUT2D eigenvalue weighted by Crippen LogP contribution is 2.47. The number of hydrogen-bond acceptors (Lipinski definition) is 9. The van der Waals surface area contributed by atoms with Crippen LogP contribution in [0, 0.1) is 0 Å². The van der Waals surface area contributed by atoms with Crippen LogP contribution in [0.5, 0.6) is 5.75 Å². The van der Waals surface area contributed by atoms with Gasteiger partial charge in [0.2, 0.25) is 5.82 Å². The lowest BCUT2D eigenvalue weighted by Gasteiger charge is -2.23. The van der Waals surface area contributed by atoms with Gasteiger partial charge in [0.25, 0.3) is 11.5 Å². The molecular weight excluding hydrogens is 496 g/mol. The van der Waals surface area contributed by atoms with Crippen molar-refractivity contribution < 1.29 is 27.9 Å². The number of aromatic amines is 1. The molecule has 3 aliphatic heterocycles. The van der Waals surface area contributed by atoms with Crippen LogP contribution in [0.2, 0.25) is 0 Å². The zero-order valence-corrected chi connectivity index (χ0v) is 19.5. The van der Waals surface area contributed by atoms with E-state index in [1.807, 2.05) is 18.2 Å². The van der Waals surface area contributed by atoms with Crippen LogP contribution in [-0.2, 0) is 21.2 Å². The molecule has 0 radical (unpaired) electrons. The van der Waals surface area contributed by atoms with E-state index in [0.717, 1.165) is 5.56 Å². The van der Waals surface area contributed by atoms with Crippen LogP contribution >= 0.6 is 24.2 Å². The Morgan fingerprint density at radius 1 is 1.33 bits per heavy atom. The quantitative estimate of drug-likeness (QED) is 0.415. The summed E-state index contributed by atoms with van der Waals surface area (Å²) in [6.07, 6.45) is 0.393. The van der Waals surface area contributed by atoms with Crippen LogP contribution in [0.25, 0.3) is 0 Å². The fraction of sp³-hybridized carbons (Fsp3) is 0.368. The molecule has 1 amide bonds. The zero-order valence-electron chi connectivity index (χ0n) is 17.1. The number of nitrogens with zero attached hydrogens (tertiary/aromatic N) is 1. The number of nitrogens with one attached hydrogen (secondary N) is 2. The van der Waals surface area contributed by atoms with Gasteiger partial charge in [0, 0.05) is 17.7 Å². The largest absolute Gasteiger partial charge is 0.482 e. The van der Waals surface area contributed by atoms with Crippen molar-refractivity contribution in [3.8, 4) is 5.75 Å². The van der Waals surface area contributed by atoms with E-state index in [-0.39, 0.29) is 47.6 Å². The molecule has 14 heteroatoms. The topological polar surface area (TPSA) is 182 Å². The number of ether oxygens (including phenoxy) is 1. The number of nitrogens with two attached hydrogens (primary N) is 1. The molecule has 0 saturated carbocycles. The molecule has 0 aliphatic carbocycles. The van der Waals surface area contributed by atoms with Crippen LogP contribution < -0.4 is 21.3 Å². The number of benzene rings is 1. The molecule has 3 aliphatic rings. The Labute approximate surface area is 198 Å². The highest BCUT2D eigenvalue weighted by molar-refractivity contribution is 8.01. The third-order valence-corrected chi connectivity index (χ3v) is 8.54. The van der Waals surface area contributed by atoms with Crippen molar-refractivity contribution in [2.75, 3.05) is 23.4 Å². The van der Waals surface area contributed by atoms with Crippen molar-refractivity contribution in [3.63, 3.8) is 0 Å². The van der Waals surface area contributed by atoms with Gasteiger partial charge in [0.1, 0.15) is 10.8 Å². The molecule has 0 spiro atoms. The summed E-state index contributed by atoms with van der Waals surface area (Å²) in [7, 11) is -3.07. The lowest BCUT2D eigenvalue weighted by atomic mass is 9.96. The lowest BCUT2D eigenvalue weighted by molar-refractivity contribution is -0.118. The third kappa shape index (κ3) is 5.32. The van der Waals surface area contributed by atoms with Crippen LogP contribution in [0.15, 0.2) is 28.0 Å². The molecule has 1 aromatic carbocycles. The maximum atomic E-state index is 11.9. The number of anilines is 1. The number of hydrogen-bond donors (Lipinski definition) is 4. The Morgan fingerprint density at radius 3 is 2.79 bits per heavy atom. The van der Waals surface area contributed by atoms with Gasteiger partial charge in [-0.15, -0.1) is 24.2 Å². The second kappa shape index (κ2) is 9.71. The average molecular weight is 517 g/mol. The number of carbonyl (C=O) groups excluding carboxylic acids is 1. The monoisotopic (exact) mass is 516 g/mol. The highest BCUT2D eigenvalue weighted by atomic mass is 35.5. The minimum atomic E-state index is -3.07. The van der Waals surface area contributed by atoms with Gasteiger partial charge in [0.05, 0.1) is 22.8 Å². The molecule has 178 valence electrons. The van der Waals surface area contributed by atoms with E-state index in [1.54, 1.807) is 0 Å². The van der Waals surface area contributed by atoms with Crippen molar-refractivity contribution in [1.29, 1.82) is 0 Å². The van der Waals surface area contributed by atoms with Gasteiger partial charge < -0.3 is 25.9 Å². The maximum absolute atomic E-state index is 11.9. The number of amides is 1. The molecule has 4 heterocycles. The second-order valence-corrected chi connectivity index (χ2v) is 10.9. The normalized spacial score (nSPS) is 21.5. The number of thioether (sulfide) groups is 1. The third-order valence-electron chi connectivity index (χ3n) is 5.28. The number of aromatic carboxylic acids is 1. The number of carbonyl (C=O) groups is 2. The Balaban J connectivity index is 0.000000192. The first-order valence-electron chi connectivity index (χ1n) is 9.67. The SMILES string of the molecule is Cl.NCc1ccc2c(c1)NC(=O)CO2.O=C(O)c1nc2c(c(=O)[nH]1)C1CCS(=O)(=O)CC1S2. The Hall–Kier alpha value is -2.61. The maximum Gasteiger partial charge on any atom is 0.372 e. The van der Waals surface area contributed by atoms with E-state index >= 15 is 0 Å². The molecule has 2 unspecified atom stereocenters. The fourth-order valence-electron chi connectivity index (χ4n) is 3.77. The minimum Gasteiger partial charge on any atom is -0.482 e. The molecule has 1 fully saturated rings. The van der Waals surface area contributed by atoms with Gasteiger partial charge in [-0.2, -0.15) is 0 Å². The minimum absolute atomic E-state index is 0. The molecule has 11 nitrogen and oxygen atoms in total.